The third-order valence-corrected chi connectivity index (χ3v) is 5.88. The maximum atomic E-state index is 14.2. The molecule has 0 saturated carbocycles. The average molecular weight is 430 g/mol. The summed E-state index contributed by atoms with van der Waals surface area (Å²) in [4.78, 5) is 41.3. The molecule has 4 rings (SSSR count). The second-order valence-electron chi connectivity index (χ2n) is 7.84. The van der Waals surface area contributed by atoms with Gasteiger partial charge < -0.3 is 10.2 Å². The summed E-state index contributed by atoms with van der Waals surface area (Å²) in [5.74, 6) is -1.59. The third kappa shape index (κ3) is 3.65. The van der Waals surface area contributed by atoms with Gasteiger partial charge in [-0.15, -0.1) is 0 Å². The molecular weight excluding hydrogens is 409 g/mol. The van der Waals surface area contributed by atoms with Crippen molar-refractivity contribution in [2.45, 2.75) is 31.8 Å². The van der Waals surface area contributed by atoms with Gasteiger partial charge in [-0.3, -0.25) is 14.5 Å². The molecule has 2 fully saturated rings. The van der Waals surface area contributed by atoms with Gasteiger partial charge in [0.1, 0.15) is 11.4 Å². The van der Waals surface area contributed by atoms with E-state index in [0.29, 0.717) is 19.4 Å². The Morgan fingerprint density at radius 2 is 1.93 bits per heavy atom. The number of piperidine rings is 1. The number of carbonyl (C=O) groups is 3. The second-order valence-corrected chi connectivity index (χ2v) is 8.28. The van der Waals surface area contributed by atoms with E-state index in [0.717, 1.165) is 17.2 Å². The quantitative estimate of drug-likeness (QED) is 0.759. The molecule has 8 heteroatoms. The summed E-state index contributed by atoms with van der Waals surface area (Å²) in [5, 5.41) is 3.04. The van der Waals surface area contributed by atoms with Crippen molar-refractivity contribution >= 4 is 29.4 Å². The Morgan fingerprint density at radius 3 is 2.67 bits per heavy atom. The third-order valence-electron chi connectivity index (χ3n) is 5.65. The molecule has 156 valence electrons. The lowest BCUT2D eigenvalue weighted by Crippen LogP contribution is -2.59. The van der Waals surface area contributed by atoms with Gasteiger partial charge in [0.25, 0.3) is 11.8 Å². The van der Waals surface area contributed by atoms with E-state index in [4.69, 9.17) is 11.6 Å². The summed E-state index contributed by atoms with van der Waals surface area (Å²) in [5.41, 5.74) is 0.589. The maximum absolute atomic E-state index is 14.2. The van der Waals surface area contributed by atoms with Gasteiger partial charge in [-0.05, 0) is 43.5 Å². The van der Waals surface area contributed by atoms with Crippen LogP contribution in [0, 0.1) is 12.7 Å². The van der Waals surface area contributed by atoms with Crippen LogP contribution in [-0.4, -0.2) is 46.3 Å². The number of urea groups is 1. The average Bonchev–Trinajstić information content (AvgIpc) is 2.94. The number of rotatable bonds is 3. The molecule has 30 heavy (non-hydrogen) atoms. The molecule has 1 unspecified atom stereocenters. The smallest absolute Gasteiger partial charge is 0.325 e. The molecule has 2 aliphatic rings. The SMILES string of the molecule is Cc1ccc(CN2C(=O)NC3(CCCN(C(=O)c4cc(Cl)ccc4F)C3)C2=O)cc1. The minimum Gasteiger partial charge on any atom is -0.336 e. The molecule has 2 aromatic rings. The summed E-state index contributed by atoms with van der Waals surface area (Å²) in [6.07, 6.45) is 0.933. The Hall–Kier alpha value is -2.93. The highest BCUT2D eigenvalue weighted by Crippen LogP contribution is 2.30. The predicted molar refractivity (Wildman–Crippen MR) is 110 cm³/mol. The number of imide groups is 1. The zero-order chi connectivity index (χ0) is 21.5. The van der Waals surface area contributed by atoms with E-state index >= 15 is 0 Å². The van der Waals surface area contributed by atoms with Crippen LogP contribution >= 0.6 is 11.6 Å². The number of nitrogens with one attached hydrogen (secondary N) is 1. The van der Waals surface area contributed by atoms with E-state index in [-0.39, 0.29) is 29.6 Å². The van der Waals surface area contributed by atoms with Gasteiger partial charge in [0.2, 0.25) is 0 Å². The summed E-state index contributed by atoms with van der Waals surface area (Å²) in [6, 6.07) is 10.9. The van der Waals surface area contributed by atoms with E-state index in [1.165, 1.54) is 21.9 Å². The van der Waals surface area contributed by atoms with Gasteiger partial charge >= 0.3 is 6.03 Å². The largest absolute Gasteiger partial charge is 0.336 e. The zero-order valence-electron chi connectivity index (χ0n) is 16.5. The molecule has 0 aromatic heterocycles. The molecule has 2 aromatic carbocycles. The molecule has 0 bridgehead atoms. The van der Waals surface area contributed by atoms with Crippen LogP contribution in [0.2, 0.25) is 5.02 Å². The molecule has 2 heterocycles. The fraction of sp³-hybridized carbons (Fsp3) is 0.318. The predicted octanol–water partition coefficient (Wildman–Crippen LogP) is 3.51. The first-order valence-electron chi connectivity index (χ1n) is 9.73. The number of carbonyl (C=O) groups excluding carboxylic acids is 3. The lowest BCUT2D eigenvalue weighted by atomic mass is 9.88. The molecule has 1 atom stereocenters. The second kappa shape index (κ2) is 7.72. The number of amides is 4. The standard InChI is InChI=1S/C22H21ClFN3O3/c1-14-3-5-15(6-4-14)12-27-20(29)22(25-21(27)30)9-2-10-26(13-22)19(28)17-11-16(23)7-8-18(17)24/h3-8,11H,2,9-10,12-13H2,1H3,(H,25,30). The van der Waals surface area contributed by atoms with Crippen LogP contribution in [0.4, 0.5) is 9.18 Å². The Bertz CT molecular complexity index is 1030. The van der Waals surface area contributed by atoms with Crippen LogP contribution in [0.5, 0.6) is 0 Å². The summed E-state index contributed by atoms with van der Waals surface area (Å²) >= 11 is 5.91. The van der Waals surface area contributed by atoms with E-state index in [1.54, 1.807) is 0 Å². The first-order valence-corrected chi connectivity index (χ1v) is 10.1. The van der Waals surface area contributed by atoms with Gasteiger partial charge in [0.05, 0.1) is 18.7 Å². The van der Waals surface area contributed by atoms with E-state index in [1.807, 2.05) is 31.2 Å². The van der Waals surface area contributed by atoms with E-state index < -0.39 is 23.3 Å². The van der Waals surface area contributed by atoms with Gasteiger partial charge in [-0.2, -0.15) is 0 Å². The Kier molecular flexibility index (Phi) is 5.24. The van der Waals surface area contributed by atoms with Crippen molar-refractivity contribution in [3.8, 4) is 0 Å². The molecule has 4 amide bonds. The van der Waals surface area contributed by atoms with Crippen molar-refractivity contribution in [1.29, 1.82) is 0 Å². The molecule has 0 radical (unpaired) electrons. The lowest BCUT2D eigenvalue weighted by Gasteiger charge is -2.38. The number of hydrogen-bond donors (Lipinski definition) is 1. The summed E-state index contributed by atoms with van der Waals surface area (Å²) < 4.78 is 14.2. The van der Waals surface area contributed by atoms with Crippen LogP contribution in [0.1, 0.15) is 34.3 Å². The van der Waals surface area contributed by atoms with Crippen molar-refractivity contribution in [3.05, 3.63) is 70.0 Å². The number of aryl methyl sites for hydroxylation is 1. The molecule has 1 spiro atoms. The Morgan fingerprint density at radius 1 is 1.20 bits per heavy atom. The monoisotopic (exact) mass is 429 g/mol. The Balaban J connectivity index is 1.54. The normalized spacial score (nSPS) is 21.3. The van der Waals surface area contributed by atoms with Crippen LogP contribution < -0.4 is 5.32 Å². The topological polar surface area (TPSA) is 69.7 Å². The highest BCUT2D eigenvalue weighted by atomic mass is 35.5. The van der Waals surface area contributed by atoms with Gasteiger partial charge in [0.15, 0.2) is 0 Å². The molecule has 1 N–H and O–H groups in total. The molecule has 6 nitrogen and oxygen atoms in total. The van der Waals surface area contributed by atoms with Crippen LogP contribution in [0.25, 0.3) is 0 Å². The number of benzene rings is 2. The number of likely N-dealkylation sites (tertiary alicyclic amines) is 1. The molecule has 2 saturated heterocycles. The minimum absolute atomic E-state index is 0.00718. The highest BCUT2D eigenvalue weighted by Gasteiger charge is 2.53. The number of hydrogen-bond acceptors (Lipinski definition) is 3. The zero-order valence-corrected chi connectivity index (χ0v) is 17.2. The minimum atomic E-state index is -1.19. The molecule has 0 aliphatic carbocycles. The first kappa shape index (κ1) is 20.3. The number of nitrogens with zero attached hydrogens (tertiary/aromatic N) is 2. The molecule has 2 aliphatic heterocycles. The van der Waals surface area contributed by atoms with Gasteiger partial charge in [-0.1, -0.05) is 41.4 Å². The number of halogens is 2. The Labute approximate surface area is 178 Å². The first-order chi connectivity index (χ1) is 14.3. The lowest BCUT2D eigenvalue weighted by molar-refractivity contribution is -0.133. The van der Waals surface area contributed by atoms with Gasteiger partial charge in [0, 0.05) is 11.6 Å². The van der Waals surface area contributed by atoms with Crippen LogP contribution in [0.3, 0.4) is 0 Å². The fourth-order valence-electron chi connectivity index (χ4n) is 4.03. The molecular formula is C22H21ClFN3O3. The van der Waals surface area contributed by atoms with Crippen molar-refractivity contribution in [2.75, 3.05) is 13.1 Å². The van der Waals surface area contributed by atoms with Crippen molar-refractivity contribution in [3.63, 3.8) is 0 Å². The van der Waals surface area contributed by atoms with Crippen molar-refractivity contribution in [1.82, 2.24) is 15.1 Å². The fourth-order valence-corrected chi connectivity index (χ4v) is 4.21. The van der Waals surface area contributed by atoms with Gasteiger partial charge in [-0.25, -0.2) is 9.18 Å². The van der Waals surface area contributed by atoms with Crippen LogP contribution in [-0.2, 0) is 11.3 Å². The van der Waals surface area contributed by atoms with E-state index in [2.05, 4.69) is 5.32 Å². The summed E-state index contributed by atoms with van der Waals surface area (Å²) in [6.45, 7) is 2.48. The van der Waals surface area contributed by atoms with Crippen molar-refractivity contribution in [2.24, 2.45) is 0 Å². The van der Waals surface area contributed by atoms with Crippen molar-refractivity contribution < 1.29 is 18.8 Å². The maximum Gasteiger partial charge on any atom is 0.325 e. The van der Waals surface area contributed by atoms with Crippen LogP contribution in [0.15, 0.2) is 42.5 Å². The summed E-state index contributed by atoms with van der Waals surface area (Å²) in [7, 11) is 0. The highest BCUT2D eigenvalue weighted by molar-refractivity contribution is 6.31. The van der Waals surface area contributed by atoms with E-state index in [9.17, 15) is 18.8 Å².